The number of nitrogen functional groups attached to an aromatic ring is 1. The molecule has 0 atom stereocenters. The molecule has 0 aliphatic carbocycles. The second-order valence-corrected chi connectivity index (χ2v) is 4.24. The van der Waals surface area contributed by atoms with Crippen LogP contribution in [0.5, 0.6) is 0 Å². The van der Waals surface area contributed by atoms with Crippen molar-refractivity contribution in [3.8, 4) is 0 Å². The molecule has 0 radical (unpaired) electrons. The smallest absolute Gasteiger partial charge is 0.146 e. The van der Waals surface area contributed by atoms with Crippen molar-refractivity contribution < 1.29 is 4.39 Å². The third kappa shape index (κ3) is 2.30. The van der Waals surface area contributed by atoms with Crippen LogP contribution in [0, 0.1) is 12.7 Å². The molecule has 0 fully saturated rings. The number of hydrogen-bond acceptors (Lipinski definition) is 2. The summed E-state index contributed by atoms with van der Waals surface area (Å²) < 4.78 is 13.8. The van der Waals surface area contributed by atoms with Gasteiger partial charge in [-0.3, -0.25) is 0 Å². The molecule has 2 N–H and O–H groups in total. The molecule has 2 rings (SSSR count). The summed E-state index contributed by atoms with van der Waals surface area (Å²) in [5.41, 5.74) is 9.14. The molecule has 0 heterocycles. The number of benzene rings is 2. The van der Waals surface area contributed by atoms with Crippen molar-refractivity contribution in [1.29, 1.82) is 0 Å². The van der Waals surface area contributed by atoms with Crippen molar-refractivity contribution in [3.05, 3.63) is 53.8 Å². The third-order valence-corrected chi connectivity index (χ3v) is 3.03. The molecular formula is C15H17FN2. The SMILES string of the molecule is CCN(c1ccc(C)c(N)c1)c1ccccc1F. The average molecular weight is 244 g/mol. The molecule has 0 spiro atoms. The van der Waals surface area contributed by atoms with E-state index in [4.69, 9.17) is 5.73 Å². The fraction of sp³-hybridized carbons (Fsp3) is 0.200. The Labute approximate surface area is 107 Å². The molecule has 0 unspecified atom stereocenters. The Morgan fingerprint density at radius 2 is 1.89 bits per heavy atom. The number of aryl methyl sites for hydroxylation is 1. The van der Waals surface area contributed by atoms with Gasteiger partial charge >= 0.3 is 0 Å². The van der Waals surface area contributed by atoms with E-state index >= 15 is 0 Å². The lowest BCUT2D eigenvalue weighted by Crippen LogP contribution is -2.17. The Balaban J connectivity index is 2.45. The molecule has 0 aliphatic heterocycles. The Morgan fingerprint density at radius 1 is 1.17 bits per heavy atom. The molecule has 2 aromatic carbocycles. The van der Waals surface area contributed by atoms with Crippen molar-refractivity contribution in [3.63, 3.8) is 0 Å². The molecule has 3 heteroatoms. The highest BCUT2D eigenvalue weighted by Crippen LogP contribution is 2.29. The molecule has 0 saturated carbocycles. The van der Waals surface area contributed by atoms with Gasteiger partial charge in [0.1, 0.15) is 5.82 Å². The monoisotopic (exact) mass is 244 g/mol. The highest BCUT2D eigenvalue weighted by atomic mass is 19.1. The lowest BCUT2D eigenvalue weighted by Gasteiger charge is -2.24. The van der Waals surface area contributed by atoms with E-state index in [-0.39, 0.29) is 5.82 Å². The number of nitrogens with zero attached hydrogens (tertiary/aromatic N) is 1. The predicted octanol–water partition coefficient (Wildman–Crippen LogP) is 3.87. The quantitative estimate of drug-likeness (QED) is 0.830. The van der Waals surface area contributed by atoms with Gasteiger partial charge in [0, 0.05) is 17.9 Å². The van der Waals surface area contributed by atoms with Gasteiger partial charge in [-0.25, -0.2) is 4.39 Å². The van der Waals surface area contributed by atoms with Crippen LogP contribution in [0.25, 0.3) is 0 Å². The van der Waals surface area contributed by atoms with Gasteiger partial charge in [0.15, 0.2) is 0 Å². The van der Waals surface area contributed by atoms with E-state index in [9.17, 15) is 4.39 Å². The second kappa shape index (κ2) is 5.08. The van der Waals surface area contributed by atoms with Crippen molar-refractivity contribution in [1.82, 2.24) is 0 Å². The first kappa shape index (κ1) is 12.4. The topological polar surface area (TPSA) is 29.3 Å². The van der Waals surface area contributed by atoms with E-state index in [2.05, 4.69) is 0 Å². The number of rotatable bonds is 3. The number of para-hydroxylation sites is 1. The molecule has 2 nitrogen and oxygen atoms in total. The van der Waals surface area contributed by atoms with Crippen LogP contribution in [0.2, 0.25) is 0 Å². The minimum Gasteiger partial charge on any atom is -0.398 e. The van der Waals surface area contributed by atoms with Crippen molar-refractivity contribution >= 4 is 17.1 Å². The van der Waals surface area contributed by atoms with E-state index in [0.717, 1.165) is 16.9 Å². The summed E-state index contributed by atoms with van der Waals surface area (Å²) in [6.07, 6.45) is 0. The highest BCUT2D eigenvalue weighted by molar-refractivity contribution is 5.68. The van der Waals surface area contributed by atoms with E-state index in [1.165, 1.54) is 6.07 Å². The zero-order chi connectivity index (χ0) is 13.1. The zero-order valence-corrected chi connectivity index (χ0v) is 10.7. The Morgan fingerprint density at radius 3 is 2.50 bits per heavy atom. The Hall–Kier alpha value is -2.03. The third-order valence-electron chi connectivity index (χ3n) is 3.03. The maximum absolute atomic E-state index is 13.8. The fourth-order valence-electron chi connectivity index (χ4n) is 1.96. The predicted molar refractivity (Wildman–Crippen MR) is 74.7 cm³/mol. The lowest BCUT2D eigenvalue weighted by atomic mass is 10.1. The first-order valence-electron chi connectivity index (χ1n) is 6.01. The first-order chi connectivity index (χ1) is 8.63. The van der Waals surface area contributed by atoms with E-state index in [0.29, 0.717) is 12.2 Å². The fourth-order valence-corrected chi connectivity index (χ4v) is 1.96. The number of anilines is 3. The van der Waals surface area contributed by atoms with Gasteiger partial charge in [-0.1, -0.05) is 18.2 Å². The molecule has 94 valence electrons. The zero-order valence-electron chi connectivity index (χ0n) is 10.7. The minimum absolute atomic E-state index is 0.224. The maximum Gasteiger partial charge on any atom is 0.146 e. The van der Waals surface area contributed by atoms with E-state index in [1.54, 1.807) is 12.1 Å². The molecule has 18 heavy (non-hydrogen) atoms. The largest absolute Gasteiger partial charge is 0.398 e. The van der Waals surface area contributed by atoms with Crippen LogP contribution >= 0.6 is 0 Å². The van der Waals surface area contributed by atoms with Gasteiger partial charge in [0.2, 0.25) is 0 Å². The van der Waals surface area contributed by atoms with Crippen LogP contribution in [0.3, 0.4) is 0 Å². The van der Waals surface area contributed by atoms with E-state index < -0.39 is 0 Å². The van der Waals surface area contributed by atoms with Crippen LogP contribution < -0.4 is 10.6 Å². The molecule has 0 aliphatic rings. The van der Waals surface area contributed by atoms with Crippen LogP contribution in [0.1, 0.15) is 12.5 Å². The van der Waals surface area contributed by atoms with Gasteiger partial charge in [-0.2, -0.15) is 0 Å². The summed E-state index contributed by atoms with van der Waals surface area (Å²) in [4.78, 5) is 1.91. The Kier molecular flexibility index (Phi) is 3.51. The second-order valence-electron chi connectivity index (χ2n) is 4.24. The van der Waals surface area contributed by atoms with Gasteiger partial charge < -0.3 is 10.6 Å². The van der Waals surface area contributed by atoms with Gasteiger partial charge in [0.05, 0.1) is 5.69 Å². The minimum atomic E-state index is -0.224. The number of nitrogens with two attached hydrogens (primary N) is 1. The van der Waals surface area contributed by atoms with Gasteiger partial charge in [-0.05, 0) is 43.7 Å². The lowest BCUT2D eigenvalue weighted by molar-refractivity contribution is 0.625. The molecule has 2 aromatic rings. The van der Waals surface area contributed by atoms with Crippen molar-refractivity contribution in [2.75, 3.05) is 17.2 Å². The molecule has 0 bridgehead atoms. The van der Waals surface area contributed by atoms with Crippen LogP contribution in [0.15, 0.2) is 42.5 Å². The average Bonchev–Trinajstić information content (AvgIpc) is 2.37. The number of hydrogen-bond donors (Lipinski definition) is 1. The normalized spacial score (nSPS) is 10.4. The number of halogens is 1. The summed E-state index contributed by atoms with van der Waals surface area (Å²) in [6.45, 7) is 4.63. The Bertz CT molecular complexity index is 552. The van der Waals surface area contributed by atoms with Crippen LogP contribution in [-0.2, 0) is 0 Å². The summed E-state index contributed by atoms with van der Waals surface area (Å²) in [5, 5.41) is 0. The van der Waals surface area contributed by atoms with Crippen molar-refractivity contribution in [2.24, 2.45) is 0 Å². The first-order valence-corrected chi connectivity index (χ1v) is 6.01. The van der Waals surface area contributed by atoms with E-state index in [1.807, 2.05) is 43.0 Å². The molecule has 0 amide bonds. The summed E-state index contributed by atoms with van der Waals surface area (Å²) in [6, 6.07) is 12.6. The van der Waals surface area contributed by atoms with Crippen LogP contribution in [-0.4, -0.2) is 6.54 Å². The molecule has 0 aromatic heterocycles. The highest BCUT2D eigenvalue weighted by Gasteiger charge is 2.11. The summed E-state index contributed by atoms with van der Waals surface area (Å²) >= 11 is 0. The molecular weight excluding hydrogens is 227 g/mol. The van der Waals surface area contributed by atoms with Gasteiger partial charge in [-0.15, -0.1) is 0 Å². The summed E-state index contributed by atoms with van der Waals surface area (Å²) in [7, 11) is 0. The maximum atomic E-state index is 13.8. The van der Waals surface area contributed by atoms with Crippen LogP contribution in [0.4, 0.5) is 21.5 Å². The standard InChI is InChI=1S/C15H17FN2/c1-3-18(15-7-5-4-6-13(15)16)12-9-8-11(2)14(17)10-12/h4-10H,3,17H2,1-2H3. The molecule has 0 saturated heterocycles. The van der Waals surface area contributed by atoms with Gasteiger partial charge in [0.25, 0.3) is 0 Å². The van der Waals surface area contributed by atoms with Crippen molar-refractivity contribution in [2.45, 2.75) is 13.8 Å². The summed E-state index contributed by atoms with van der Waals surface area (Å²) in [5.74, 6) is -0.224.